The lowest BCUT2D eigenvalue weighted by Gasteiger charge is -2.12. The molecular weight excluding hydrogens is 293 g/mol. The van der Waals surface area contributed by atoms with Crippen LogP contribution in [-0.4, -0.2) is 29.3 Å². The highest BCUT2D eigenvalue weighted by molar-refractivity contribution is 5.79. The third kappa shape index (κ3) is 5.39. The Balaban J connectivity index is 1.71. The summed E-state index contributed by atoms with van der Waals surface area (Å²) in [5.74, 6) is 0.564. The van der Waals surface area contributed by atoms with E-state index in [0.717, 1.165) is 31.0 Å². The van der Waals surface area contributed by atoms with Gasteiger partial charge in [0.2, 0.25) is 0 Å². The number of aromatic nitrogens is 2. The molecular formula is C17H24FN5. The minimum Gasteiger partial charge on any atom is -0.356 e. The van der Waals surface area contributed by atoms with Gasteiger partial charge < -0.3 is 10.6 Å². The molecule has 0 aliphatic rings. The highest BCUT2D eigenvalue weighted by Crippen LogP contribution is 2.08. The van der Waals surface area contributed by atoms with Gasteiger partial charge >= 0.3 is 0 Å². The van der Waals surface area contributed by atoms with Gasteiger partial charge in [0.05, 0.1) is 6.20 Å². The van der Waals surface area contributed by atoms with Crippen molar-refractivity contribution in [1.82, 2.24) is 20.4 Å². The van der Waals surface area contributed by atoms with Crippen LogP contribution >= 0.6 is 0 Å². The average Bonchev–Trinajstić information content (AvgIpc) is 2.95. The molecule has 6 heteroatoms. The Morgan fingerprint density at radius 1 is 1.30 bits per heavy atom. The van der Waals surface area contributed by atoms with Gasteiger partial charge in [0.1, 0.15) is 5.82 Å². The summed E-state index contributed by atoms with van der Waals surface area (Å²) in [4.78, 5) is 4.19. The van der Waals surface area contributed by atoms with Crippen LogP contribution in [0.3, 0.4) is 0 Å². The standard InChI is InChI=1S/C17H24FN5/c1-13-10-22-23(12-13)8-4-7-20-17(19-3)21-11-15-5-6-16(18)14(2)9-15/h5-6,9-10,12H,4,7-8,11H2,1-3H3,(H2,19,20,21). The van der Waals surface area contributed by atoms with Crippen molar-refractivity contribution in [1.29, 1.82) is 0 Å². The summed E-state index contributed by atoms with van der Waals surface area (Å²) in [5.41, 5.74) is 2.85. The average molecular weight is 317 g/mol. The van der Waals surface area contributed by atoms with E-state index >= 15 is 0 Å². The molecule has 2 N–H and O–H groups in total. The Kier molecular flexibility index (Phi) is 6.14. The Hall–Kier alpha value is -2.37. The van der Waals surface area contributed by atoms with Crippen LogP contribution in [0.4, 0.5) is 4.39 Å². The molecule has 0 atom stereocenters. The molecule has 0 fully saturated rings. The van der Waals surface area contributed by atoms with E-state index in [1.807, 2.05) is 30.1 Å². The molecule has 1 aromatic carbocycles. The zero-order valence-electron chi connectivity index (χ0n) is 13.9. The zero-order chi connectivity index (χ0) is 16.7. The number of hydrogen-bond acceptors (Lipinski definition) is 2. The number of benzene rings is 1. The second kappa shape index (κ2) is 8.31. The molecule has 0 amide bonds. The second-order valence-corrected chi connectivity index (χ2v) is 5.57. The first-order valence-corrected chi connectivity index (χ1v) is 7.77. The number of nitrogens with zero attached hydrogens (tertiary/aromatic N) is 3. The van der Waals surface area contributed by atoms with Crippen molar-refractivity contribution < 1.29 is 4.39 Å². The third-order valence-electron chi connectivity index (χ3n) is 3.52. The number of hydrogen-bond donors (Lipinski definition) is 2. The van der Waals surface area contributed by atoms with E-state index < -0.39 is 0 Å². The van der Waals surface area contributed by atoms with Crippen molar-refractivity contribution in [3.05, 3.63) is 53.1 Å². The van der Waals surface area contributed by atoms with Gasteiger partial charge in [-0.3, -0.25) is 9.67 Å². The Morgan fingerprint density at radius 2 is 2.13 bits per heavy atom. The van der Waals surface area contributed by atoms with Gasteiger partial charge in [-0.15, -0.1) is 0 Å². The number of rotatable bonds is 6. The minimum atomic E-state index is -0.176. The van der Waals surface area contributed by atoms with Crippen LogP contribution in [0.25, 0.3) is 0 Å². The lowest BCUT2D eigenvalue weighted by molar-refractivity contribution is 0.570. The summed E-state index contributed by atoms with van der Waals surface area (Å²) in [6.45, 7) is 6.09. The maximum absolute atomic E-state index is 13.2. The van der Waals surface area contributed by atoms with Crippen LogP contribution in [0.2, 0.25) is 0 Å². The number of aliphatic imine (C=N–C) groups is 1. The number of aryl methyl sites for hydroxylation is 3. The molecule has 0 bridgehead atoms. The minimum absolute atomic E-state index is 0.176. The molecule has 0 saturated heterocycles. The fraction of sp³-hybridized carbons (Fsp3) is 0.412. The fourth-order valence-corrected chi connectivity index (χ4v) is 2.26. The summed E-state index contributed by atoms with van der Waals surface area (Å²) in [6.07, 6.45) is 4.85. The van der Waals surface area contributed by atoms with Crippen LogP contribution in [-0.2, 0) is 13.1 Å². The predicted octanol–water partition coefficient (Wildman–Crippen LogP) is 2.39. The number of guanidine groups is 1. The number of halogens is 1. The van der Waals surface area contributed by atoms with E-state index in [1.54, 1.807) is 20.0 Å². The second-order valence-electron chi connectivity index (χ2n) is 5.57. The van der Waals surface area contributed by atoms with Crippen LogP contribution in [0.5, 0.6) is 0 Å². The number of nitrogens with one attached hydrogen (secondary N) is 2. The van der Waals surface area contributed by atoms with E-state index in [2.05, 4.69) is 20.7 Å². The lowest BCUT2D eigenvalue weighted by atomic mass is 10.1. The fourth-order valence-electron chi connectivity index (χ4n) is 2.26. The van der Waals surface area contributed by atoms with Crippen molar-refractivity contribution in [3.8, 4) is 0 Å². The molecule has 1 heterocycles. The van der Waals surface area contributed by atoms with Crippen LogP contribution in [0.1, 0.15) is 23.1 Å². The summed E-state index contributed by atoms with van der Waals surface area (Å²) >= 11 is 0. The molecule has 0 unspecified atom stereocenters. The van der Waals surface area contributed by atoms with E-state index in [-0.39, 0.29) is 5.82 Å². The van der Waals surface area contributed by atoms with E-state index in [9.17, 15) is 4.39 Å². The van der Waals surface area contributed by atoms with Crippen molar-refractivity contribution in [2.45, 2.75) is 33.4 Å². The smallest absolute Gasteiger partial charge is 0.191 e. The summed E-state index contributed by atoms with van der Waals surface area (Å²) in [6, 6.07) is 5.12. The summed E-state index contributed by atoms with van der Waals surface area (Å²) < 4.78 is 15.2. The van der Waals surface area contributed by atoms with Crippen molar-refractivity contribution in [3.63, 3.8) is 0 Å². The molecule has 2 aromatic rings. The van der Waals surface area contributed by atoms with Crippen molar-refractivity contribution >= 4 is 5.96 Å². The molecule has 0 radical (unpaired) electrons. The first-order chi connectivity index (χ1) is 11.1. The van der Waals surface area contributed by atoms with E-state index in [1.165, 1.54) is 11.6 Å². The normalized spacial score (nSPS) is 11.6. The van der Waals surface area contributed by atoms with Crippen LogP contribution in [0, 0.1) is 19.7 Å². The van der Waals surface area contributed by atoms with Gasteiger partial charge in [-0.1, -0.05) is 12.1 Å². The molecule has 0 saturated carbocycles. The zero-order valence-corrected chi connectivity index (χ0v) is 13.9. The summed E-state index contributed by atoms with van der Waals surface area (Å²) in [7, 11) is 1.74. The van der Waals surface area contributed by atoms with Gasteiger partial charge in [0.15, 0.2) is 5.96 Å². The van der Waals surface area contributed by atoms with E-state index in [4.69, 9.17) is 0 Å². The van der Waals surface area contributed by atoms with Crippen LogP contribution < -0.4 is 10.6 Å². The molecule has 0 aliphatic carbocycles. The maximum Gasteiger partial charge on any atom is 0.191 e. The topological polar surface area (TPSA) is 54.2 Å². The van der Waals surface area contributed by atoms with Gasteiger partial charge in [-0.05, 0) is 43.0 Å². The Morgan fingerprint density at radius 3 is 2.78 bits per heavy atom. The van der Waals surface area contributed by atoms with Gasteiger partial charge in [-0.2, -0.15) is 5.10 Å². The van der Waals surface area contributed by atoms with Gasteiger partial charge in [0.25, 0.3) is 0 Å². The highest BCUT2D eigenvalue weighted by atomic mass is 19.1. The molecule has 2 rings (SSSR count). The SMILES string of the molecule is CN=C(NCCCn1cc(C)cn1)NCc1ccc(F)c(C)c1. The molecule has 5 nitrogen and oxygen atoms in total. The van der Waals surface area contributed by atoms with Crippen molar-refractivity contribution in [2.75, 3.05) is 13.6 Å². The molecule has 23 heavy (non-hydrogen) atoms. The molecule has 124 valence electrons. The quantitative estimate of drug-likeness (QED) is 0.489. The van der Waals surface area contributed by atoms with E-state index in [0.29, 0.717) is 12.1 Å². The molecule has 0 aliphatic heterocycles. The van der Waals surface area contributed by atoms with Crippen LogP contribution in [0.15, 0.2) is 35.6 Å². The first kappa shape index (κ1) is 17.0. The highest BCUT2D eigenvalue weighted by Gasteiger charge is 2.01. The largest absolute Gasteiger partial charge is 0.356 e. The Bertz CT molecular complexity index is 663. The van der Waals surface area contributed by atoms with Gasteiger partial charge in [0, 0.05) is 32.9 Å². The predicted molar refractivity (Wildman–Crippen MR) is 90.9 cm³/mol. The monoisotopic (exact) mass is 317 g/mol. The lowest BCUT2D eigenvalue weighted by Crippen LogP contribution is -2.37. The third-order valence-corrected chi connectivity index (χ3v) is 3.52. The van der Waals surface area contributed by atoms with Crippen molar-refractivity contribution in [2.24, 2.45) is 4.99 Å². The Labute approximate surface area is 136 Å². The first-order valence-electron chi connectivity index (χ1n) is 7.77. The summed E-state index contributed by atoms with van der Waals surface area (Å²) in [5, 5.41) is 10.8. The van der Waals surface area contributed by atoms with Gasteiger partial charge in [-0.25, -0.2) is 4.39 Å². The maximum atomic E-state index is 13.2. The molecule has 0 spiro atoms. The molecule has 1 aromatic heterocycles.